The number of nitrogens with zero attached hydrogens (tertiary/aromatic N) is 2. The molecule has 1 aromatic heterocycles. The van der Waals surface area contributed by atoms with E-state index in [2.05, 4.69) is 30.9 Å². The molecule has 2 aromatic rings. The van der Waals surface area contributed by atoms with Crippen molar-refractivity contribution in [1.82, 2.24) is 9.80 Å². The van der Waals surface area contributed by atoms with Crippen LogP contribution in [0.1, 0.15) is 48.4 Å². The number of carbonyl (C=O) groups is 1. The quantitative estimate of drug-likeness (QED) is 0.652. The Balaban J connectivity index is 1.57. The molecular weight excluding hydrogens is 364 g/mol. The Kier molecular flexibility index (Phi) is 7.37. The third kappa shape index (κ3) is 5.63. The lowest BCUT2D eigenvalue weighted by Crippen LogP contribution is -2.42. The molecule has 0 atom stereocenters. The lowest BCUT2D eigenvalue weighted by molar-refractivity contribution is 0.0661. The van der Waals surface area contributed by atoms with E-state index < -0.39 is 0 Å². The van der Waals surface area contributed by atoms with Gasteiger partial charge in [0.1, 0.15) is 11.5 Å². The molecule has 1 aromatic carbocycles. The maximum atomic E-state index is 13.1. The molecule has 2 heterocycles. The molecule has 1 fully saturated rings. The van der Waals surface area contributed by atoms with Gasteiger partial charge < -0.3 is 14.1 Å². The summed E-state index contributed by atoms with van der Waals surface area (Å²) < 4.78 is 10.8. The third-order valence-electron chi connectivity index (χ3n) is 5.73. The molecule has 1 amide bonds. The van der Waals surface area contributed by atoms with Crippen LogP contribution in [0.4, 0.5) is 0 Å². The predicted octanol–water partition coefficient (Wildman–Crippen LogP) is 4.61. The Morgan fingerprint density at radius 2 is 1.97 bits per heavy atom. The van der Waals surface area contributed by atoms with Crippen LogP contribution in [-0.4, -0.2) is 49.0 Å². The number of rotatable bonds is 8. The van der Waals surface area contributed by atoms with Crippen molar-refractivity contribution in [3.8, 4) is 5.75 Å². The smallest absolute Gasteiger partial charge is 0.257 e. The highest BCUT2D eigenvalue weighted by Crippen LogP contribution is 2.25. The first-order chi connectivity index (χ1) is 14.0. The van der Waals surface area contributed by atoms with E-state index in [1.807, 2.05) is 24.0 Å². The Bertz CT molecular complexity index is 791. The molecule has 1 aliphatic heterocycles. The maximum absolute atomic E-state index is 13.1. The fourth-order valence-corrected chi connectivity index (χ4v) is 4.17. The lowest BCUT2D eigenvalue weighted by atomic mass is 9.95. The second-order valence-electron chi connectivity index (χ2n) is 8.53. The second-order valence-corrected chi connectivity index (χ2v) is 8.53. The molecule has 158 valence electrons. The van der Waals surface area contributed by atoms with Gasteiger partial charge in [-0.25, -0.2) is 0 Å². The molecule has 0 spiro atoms. The minimum atomic E-state index is 0.0985. The number of carbonyl (C=O) groups excluding carboxylic acids is 1. The molecule has 0 radical (unpaired) electrons. The summed E-state index contributed by atoms with van der Waals surface area (Å²) >= 11 is 0. The number of para-hydroxylation sites is 1. The second kappa shape index (κ2) is 9.97. The van der Waals surface area contributed by atoms with Crippen LogP contribution < -0.4 is 4.74 Å². The zero-order valence-corrected chi connectivity index (χ0v) is 18.2. The van der Waals surface area contributed by atoms with Gasteiger partial charge in [0.15, 0.2) is 0 Å². The van der Waals surface area contributed by atoms with E-state index in [4.69, 9.17) is 9.15 Å². The van der Waals surface area contributed by atoms with Gasteiger partial charge in [0, 0.05) is 25.2 Å². The van der Waals surface area contributed by atoms with Gasteiger partial charge in [0.2, 0.25) is 0 Å². The van der Waals surface area contributed by atoms with Gasteiger partial charge in [-0.1, -0.05) is 32.0 Å². The molecule has 1 saturated heterocycles. The van der Waals surface area contributed by atoms with Crippen LogP contribution in [0, 0.1) is 18.8 Å². The Morgan fingerprint density at radius 1 is 1.24 bits per heavy atom. The Morgan fingerprint density at radius 3 is 2.59 bits per heavy atom. The molecule has 0 bridgehead atoms. The Labute approximate surface area is 174 Å². The van der Waals surface area contributed by atoms with Crippen LogP contribution in [0.25, 0.3) is 0 Å². The normalized spacial score (nSPS) is 15.6. The molecule has 0 saturated carbocycles. The van der Waals surface area contributed by atoms with E-state index in [0.29, 0.717) is 23.2 Å². The first kappa shape index (κ1) is 21.4. The topological polar surface area (TPSA) is 45.9 Å². The number of ether oxygens (including phenoxy) is 1. The third-order valence-corrected chi connectivity index (χ3v) is 5.73. The van der Waals surface area contributed by atoms with Crippen molar-refractivity contribution in [1.29, 1.82) is 0 Å². The fraction of sp³-hybridized carbons (Fsp3) is 0.542. The number of likely N-dealkylation sites (tertiary alicyclic amines) is 1. The minimum absolute atomic E-state index is 0.0985. The van der Waals surface area contributed by atoms with Crippen LogP contribution in [0.5, 0.6) is 5.75 Å². The lowest BCUT2D eigenvalue weighted by Gasteiger charge is -2.35. The molecular formula is C24H34N2O3. The highest BCUT2D eigenvalue weighted by atomic mass is 16.5. The highest BCUT2D eigenvalue weighted by Gasteiger charge is 2.26. The van der Waals surface area contributed by atoms with Crippen molar-refractivity contribution >= 4 is 5.91 Å². The molecule has 5 nitrogen and oxygen atoms in total. The van der Waals surface area contributed by atoms with Crippen molar-refractivity contribution < 1.29 is 13.9 Å². The average molecular weight is 399 g/mol. The Hall–Kier alpha value is -2.27. The summed E-state index contributed by atoms with van der Waals surface area (Å²) in [5.41, 5.74) is 1.93. The van der Waals surface area contributed by atoms with Crippen LogP contribution in [0.2, 0.25) is 0 Å². The average Bonchev–Trinajstić information content (AvgIpc) is 3.14. The molecule has 1 aliphatic rings. The number of aryl methyl sites for hydroxylation is 1. The largest absolute Gasteiger partial charge is 0.496 e. The number of piperidine rings is 1. The first-order valence-electron chi connectivity index (χ1n) is 10.7. The minimum Gasteiger partial charge on any atom is -0.496 e. The zero-order chi connectivity index (χ0) is 20.8. The van der Waals surface area contributed by atoms with Gasteiger partial charge in [0.25, 0.3) is 5.91 Å². The van der Waals surface area contributed by atoms with E-state index in [1.165, 1.54) is 5.56 Å². The van der Waals surface area contributed by atoms with Crippen LogP contribution in [-0.2, 0) is 6.54 Å². The number of benzene rings is 1. The summed E-state index contributed by atoms with van der Waals surface area (Å²) in [5, 5.41) is 0. The number of hydrogen-bond donors (Lipinski definition) is 0. The van der Waals surface area contributed by atoms with E-state index in [1.54, 1.807) is 19.4 Å². The summed E-state index contributed by atoms with van der Waals surface area (Å²) in [6.45, 7) is 10.8. The van der Waals surface area contributed by atoms with Crippen molar-refractivity contribution in [2.45, 2.75) is 40.2 Å². The van der Waals surface area contributed by atoms with Crippen molar-refractivity contribution in [2.24, 2.45) is 11.8 Å². The van der Waals surface area contributed by atoms with Gasteiger partial charge >= 0.3 is 0 Å². The van der Waals surface area contributed by atoms with Crippen LogP contribution in [0.15, 0.2) is 41.0 Å². The predicted molar refractivity (Wildman–Crippen MR) is 115 cm³/mol. The van der Waals surface area contributed by atoms with Crippen LogP contribution >= 0.6 is 0 Å². The summed E-state index contributed by atoms with van der Waals surface area (Å²) in [7, 11) is 1.73. The van der Waals surface area contributed by atoms with E-state index in [0.717, 1.165) is 51.3 Å². The van der Waals surface area contributed by atoms with E-state index >= 15 is 0 Å². The van der Waals surface area contributed by atoms with E-state index in [9.17, 15) is 4.79 Å². The highest BCUT2D eigenvalue weighted by molar-refractivity contribution is 5.95. The van der Waals surface area contributed by atoms with Crippen molar-refractivity contribution in [3.05, 3.63) is 53.5 Å². The molecule has 3 rings (SSSR count). The van der Waals surface area contributed by atoms with Gasteiger partial charge in [-0.3, -0.25) is 9.69 Å². The molecule has 5 heteroatoms. The van der Waals surface area contributed by atoms with Gasteiger partial charge in [-0.2, -0.15) is 0 Å². The molecule has 0 unspecified atom stereocenters. The summed E-state index contributed by atoms with van der Waals surface area (Å²) in [6, 6.07) is 10.0. The molecule has 29 heavy (non-hydrogen) atoms. The molecule has 0 N–H and O–H groups in total. The summed E-state index contributed by atoms with van der Waals surface area (Å²) in [5.74, 6) is 2.74. The maximum Gasteiger partial charge on any atom is 0.257 e. The molecule has 0 aliphatic carbocycles. The SMILES string of the molecule is COc1ccccc1CN1CCC(CN(CC(C)C)C(=O)c2ccoc2C)CC1. The van der Waals surface area contributed by atoms with Crippen molar-refractivity contribution in [2.75, 3.05) is 33.3 Å². The number of amides is 1. The number of hydrogen-bond acceptors (Lipinski definition) is 4. The summed E-state index contributed by atoms with van der Waals surface area (Å²) in [4.78, 5) is 17.6. The van der Waals surface area contributed by atoms with Crippen LogP contribution in [0.3, 0.4) is 0 Å². The van der Waals surface area contributed by atoms with Gasteiger partial charge in [0.05, 0.1) is 18.9 Å². The summed E-state index contributed by atoms with van der Waals surface area (Å²) in [6.07, 6.45) is 3.83. The standard InChI is InChI=1S/C24H34N2O3/c1-18(2)15-26(24(27)22-11-14-29-19(22)3)16-20-9-12-25(13-10-20)17-21-7-5-6-8-23(21)28-4/h5-8,11,14,18,20H,9-10,12-13,15-17H2,1-4H3. The monoisotopic (exact) mass is 398 g/mol. The van der Waals surface area contributed by atoms with Crippen molar-refractivity contribution in [3.63, 3.8) is 0 Å². The fourth-order valence-electron chi connectivity index (χ4n) is 4.17. The number of furan rings is 1. The van der Waals surface area contributed by atoms with E-state index in [-0.39, 0.29) is 5.91 Å². The first-order valence-corrected chi connectivity index (χ1v) is 10.7. The zero-order valence-electron chi connectivity index (χ0n) is 18.2. The van der Waals surface area contributed by atoms with Gasteiger partial charge in [-0.15, -0.1) is 0 Å². The number of methoxy groups -OCH3 is 1. The van der Waals surface area contributed by atoms with Gasteiger partial charge in [-0.05, 0) is 56.8 Å².